The summed E-state index contributed by atoms with van der Waals surface area (Å²) in [5, 5.41) is 0. The van der Waals surface area contributed by atoms with E-state index in [0.717, 1.165) is 11.8 Å². The number of piperidine rings is 1. The summed E-state index contributed by atoms with van der Waals surface area (Å²) in [7, 11) is 0. The Balaban J connectivity index is 2.11. The average Bonchev–Trinajstić information content (AvgIpc) is 2.18. The first-order chi connectivity index (χ1) is 6.75. The first-order valence-electron chi connectivity index (χ1n) is 5.55. The van der Waals surface area contributed by atoms with Crippen molar-refractivity contribution in [2.75, 3.05) is 18.0 Å². The lowest BCUT2D eigenvalue weighted by molar-refractivity contribution is 0.357. The summed E-state index contributed by atoms with van der Waals surface area (Å²) in [6, 6.07) is 10.8. The lowest BCUT2D eigenvalue weighted by Gasteiger charge is -2.36. The highest BCUT2D eigenvalue weighted by molar-refractivity contribution is 5.46. The second-order valence-corrected chi connectivity index (χ2v) is 4.69. The summed E-state index contributed by atoms with van der Waals surface area (Å²) in [5.41, 5.74) is 1.38. The van der Waals surface area contributed by atoms with Crippen molar-refractivity contribution in [3.8, 4) is 0 Å². The van der Waals surface area contributed by atoms with Crippen LogP contribution in [0.3, 0.4) is 0 Å². The maximum atomic E-state index is 2.51. The van der Waals surface area contributed by atoms with Crippen molar-refractivity contribution in [3.05, 3.63) is 30.3 Å². The number of hydrogen-bond acceptors (Lipinski definition) is 1. The molecule has 1 heteroatoms. The summed E-state index contributed by atoms with van der Waals surface area (Å²) in [6.45, 7) is 7.14. The molecule has 0 radical (unpaired) electrons. The normalized spacial score (nSPS) is 27.7. The Kier molecular flexibility index (Phi) is 2.76. The molecule has 1 aliphatic rings. The van der Waals surface area contributed by atoms with Gasteiger partial charge in [0.05, 0.1) is 0 Å². The molecule has 0 amide bonds. The van der Waals surface area contributed by atoms with Crippen LogP contribution in [0.5, 0.6) is 0 Å². The topological polar surface area (TPSA) is 3.24 Å². The number of benzene rings is 1. The number of hydrogen-bond donors (Lipinski definition) is 0. The van der Waals surface area contributed by atoms with Crippen molar-refractivity contribution < 1.29 is 0 Å². The summed E-state index contributed by atoms with van der Waals surface area (Å²) >= 11 is 0. The van der Waals surface area contributed by atoms with Crippen LogP contribution in [0.4, 0.5) is 5.69 Å². The minimum atomic E-state index is 0.832. The first kappa shape index (κ1) is 9.57. The van der Waals surface area contributed by atoms with Gasteiger partial charge in [-0.25, -0.2) is 0 Å². The van der Waals surface area contributed by atoms with Crippen LogP contribution >= 0.6 is 0 Å². The van der Waals surface area contributed by atoms with Gasteiger partial charge >= 0.3 is 0 Å². The number of nitrogens with zero attached hydrogens (tertiary/aromatic N) is 1. The van der Waals surface area contributed by atoms with Crippen LogP contribution in [-0.2, 0) is 0 Å². The van der Waals surface area contributed by atoms with Crippen molar-refractivity contribution in [2.24, 2.45) is 11.8 Å². The quantitative estimate of drug-likeness (QED) is 0.656. The summed E-state index contributed by atoms with van der Waals surface area (Å²) < 4.78 is 0. The lowest BCUT2D eigenvalue weighted by Crippen LogP contribution is -2.38. The second kappa shape index (κ2) is 4.04. The van der Waals surface area contributed by atoms with E-state index in [9.17, 15) is 0 Å². The van der Waals surface area contributed by atoms with Crippen LogP contribution in [0, 0.1) is 11.8 Å². The minimum Gasteiger partial charge on any atom is -0.371 e. The first-order valence-corrected chi connectivity index (χ1v) is 5.55. The van der Waals surface area contributed by atoms with Crippen molar-refractivity contribution >= 4 is 5.69 Å². The van der Waals surface area contributed by atoms with Crippen LogP contribution in [0.15, 0.2) is 30.3 Å². The minimum absolute atomic E-state index is 0.832. The van der Waals surface area contributed by atoms with Crippen molar-refractivity contribution in [3.63, 3.8) is 0 Å². The Labute approximate surface area is 86.7 Å². The molecule has 0 bridgehead atoms. The summed E-state index contributed by atoms with van der Waals surface area (Å²) in [4.78, 5) is 2.51. The van der Waals surface area contributed by atoms with Gasteiger partial charge in [-0.05, 0) is 30.4 Å². The molecule has 14 heavy (non-hydrogen) atoms. The molecule has 1 nitrogen and oxygen atoms in total. The number of para-hydroxylation sites is 1. The van der Waals surface area contributed by atoms with Gasteiger partial charge in [-0.3, -0.25) is 0 Å². The maximum Gasteiger partial charge on any atom is 0.0366 e. The fourth-order valence-electron chi connectivity index (χ4n) is 2.51. The predicted octanol–water partition coefficient (Wildman–Crippen LogP) is 3.17. The van der Waals surface area contributed by atoms with E-state index in [2.05, 4.69) is 49.1 Å². The second-order valence-electron chi connectivity index (χ2n) is 4.69. The number of rotatable bonds is 1. The molecule has 0 spiro atoms. The highest BCUT2D eigenvalue weighted by atomic mass is 15.1. The smallest absolute Gasteiger partial charge is 0.0366 e. The average molecular weight is 189 g/mol. The van der Waals surface area contributed by atoms with Crippen LogP contribution in [0.1, 0.15) is 20.3 Å². The van der Waals surface area contributed by atoms with Gasteiger partial charge < -0.3 is 4.90 Å². The van der Waals surface area contributed by atoms with Gasteiger partial charge in [-0.2, -0.15) is 0 Å². The highest BCUT2D eigenvalue weighted by Gasteiger charge is 2.21. The van der Waals surface area contributed by atoms with E-state index in [-0.39, 0.29) is 0 Å². The molecule has 2 rings (SSSR count). The number of anilines is 1. The van der Waals surface area contributed by atoms with Gasteiger partial charge in [0.25, 0.3) is 0 Å². The molecule has 0 aliphatic carbocycles. The summed E-state index contributed by atoms with van der Waals surface area (Å²) in [6.07, 6.45) is 1.38. The Morgan fingerprint density at radius 1 is 1.00 bits per heavy atom. The SMILES string of the molecule is CC1CC(C)CN(c2ccccc2)C1. The molecule has 1 saturated heterocycles. The maximum absolute atomic E-state index is 2.51. The van der Waals surface area contributed by atoms with E-state index in [1.165, 1.54) is 25.2 Å². The van der Waals surface area contributed by atoms with Gasteiger partial charge in [-0.15, -0.1) is 0 Å². The van der Waals surface area contributed by atoms with Crippen molar-refractivity contribution in [2.45, 2.75) is 20.3 Å². The van der Waals surface area contributed by atoms with E-state index >= 15 is 0 Å². The standard InChI is InChI=1S/C13H19N/c1-11-8-12(2)10-14(9-11)13-6-4-3-5-7-13/h3-7,11-12H,8-10H2,1-2H3. The molecule has 1 heterocycles. The molecular weight excluding hydrogens is 170 g/mol. The molecule has 0 saturated carbocycles. The van der Waals surface area contributed by atoms with Crippen molar-refractivity contribution in [1.82, 2.24) is 0 Å². The third-order valence-corrected chi connectivity index (χ3v) is 2.99. The lowest BCUT2D eigenvalue weighted by atomic mass is 9.91. The fraction of sp³-hybridized carbons (Fsp3) is 0.538. The fourth-order valence-corrected chi connectivity index (χ4v) is 2.51. The molecule has 0 aromatic heterocycles. The Hall–Kier alpha value is -0.980. The Morgan fingerprint density at radius 3 is 2.14 bits per heavy atom. The molecular formula is C13H19N. The van der Waals surface area contributed by atoms with E-state index in [4.69, 9.17) is 0 Å². The van der Waals surface area contributed by atoms with E-state index in [1.807, 2.05) is 0 Å². The third-order valence-electron chi connectivity index (χ3n) is 2.99. The molecule has 76 valence electrons. The largest absolute Gasteiger partial charge is 0.371 e. The predicted molar refractivity (Wildman–Crippen MR) is 61.6 cm³/mol. The molecule has 1 aromatic rings. The third kappa shape index (κ3) is 2.09. The molecule has 2 atom stereocenters. The van der Waals surface area contributed by atoms with Crippen LogP contribution < -0.4 is 4.90 Å². The van der Waals surface area contributed by atoms with Gasteiger partial charge in [0, 0.05) is 18.8 Å². The van der Waals surface area contributed by atoms with E-state index in [0.29, 0.717) is 0 Å². The van der Waals surface area contributed by atoms with E-state index < -0.39 is 0 Å². The van der Waals surface area contributed by atoms with Crippen LogP contribution in [-0.4, -0.2) is 13.1 Å². The van der Waals surface area contributed by atoms with E-state index in [1.54, 1.807) is 0 Å². The Morgan fingerprint density at radius 2 is 1.57 bits per heavy atom. The van der Waals surface area contributed by atoms with Gasteiger partial charge in [0.1, 0.15) is 0 Å². The molecule has 2 unspecified atom stereocenters. The van der Waals surface area contributed by atoms with Gasteiger partial charge in [0.2, 0.25) is 0 Å². The summed E-state index contributed by atoms with van der Waals surface area (Å²) in [5.74, 6) is 1.66. The monoisotopic (exact) mass is 189 g/mol. The molecule has 0 N–H and O–H groups in total. The zero-order valence-corrected chi connectivity index (χ0v) is 9.11. The van der Waals surface area contributed by atoms with Crippen LogP contribution in [0.2, 0.25) is 0 Å². The van der Waals surface area contributed by atoms with Gasteiger partial charge in [-0.1, -0.05) is 32.0 Å². The van der Waals surface area contributed by atoms with Crippen molar-refractivity contribution in [1.29, 1.82) is 0 Å². The van der Waals surface area contributed by atoms with Crippen LogP contribution in [0.25, 0.3) is 0 Å². The zero-order chi connectivity index (χ0) is 9.97. The molecule has 1 aromatic carbocycles. The molecule has 1 fully saturated rings. The van der Waals surface area contributed by atoms with Gasteiger partial charge in [0.15, 0.2) is 0 Å². The zero-order valence-electron chi connectivity index (χ0n) is 9.11. The Bertz CT molecular complexity index is 271. The molecule has 1 aliphatic heterocycles. The highest BCUT2D eigenvalue weighted by Crippen LogP contribution is 2.25.